The number of hydrogen-bond acceptors (Lipinski definition) is 1. The maximum Gasteiger partial charge on any atom is 0.137 e. The van der Waals surface area contributed by atoms with Crippen LogP contribution in [0.25, 0.3) is 6.08 Å². The molecule has 17 heavy (non-hydrogen) atoms. The van der Waals surface area contributed by atoms with Crippen LogP contribution in [-0.4, -0.2) is 5.17 Å². The first-order valence-electron chi connectivity index (χ1n) is 5.76. The fourth-order valence-electron chi connectivity index (χ4n) is 2.13. The standard InChI is InChI=1S/C15H12ClN/c16-15-13-7-3-1-5-11(13)9-10-12-6-2-4-8-14(12)17-15/h1,3-5,7-10H,2,6H2/b10-9-,11-9?,12-10?,15-13?,17-14?,17-15+. The lowest BCUT2D eigenvalue weighted by Gasteiger charge is -2.13. The van der Waals surface area contributed by atoms with Gasteiger partial charge >= 0.3 is 0 Å². The van der Waals surface area contributed by atoms with Crippen molar-refractivity contribution in [3.05, 3.63) is 64.9 Å². The molecule has 0 bridgehead atoms. The first-order valence-corrected chi connectivity index (χ1v) is 6.14. The number of halogens is 1. The van der Waals surface area contributed by atoms with Crippen LogP contribution < -0.4 is 0 Å². The summed E-state index contributed by atoms with van der Waals surface area (Å²) in [6.45, 7) is 0. The van der Waals surface area contributed by atoms with Crippen molar-refractivity contribution in [2.45, 2.75) is 12.8 Å². The number of rotatable bonds is 0. The van der Waals surface area contributed by atoms with Crippen LogP contribution in [0, 0.1) is 0 Å². The Labute approximate surface area is 106 Å². The first kappa shape index (κ1) is 10.5. The van der Waals surface area contributed by atoms with Crippen LogP contribution in [0.3, 0.4) is 0 Å². The summed E-state index contributed by atoms with van der Waals surface area (Å²) >= 11 is 6.29. The third-order valence-electron chi connectivity index (χ3n) is 3.05. The van der Waals surface area contributed by atoms with Gasteiger partial charge in [0.2, 0.25) is 0 Å². The van der Waals surface area contributed by atoms with Gasteiger partial charge in [0.05, 0.1) is 5.70 Å². The zero-order valence-electron chi connectivity index (χ0n) is 9.36. The minimum absolute atomic E-state index is 0.573. The van der Waals surface area contributed by atoms with E-state index in [0.29, 0.717) is 5.17 Å². The molecule has 0 unspecified atom stereocenters. The van der Waals surface area contributed by atoms with E-state index in [0.717, 1.165) is 29.7 Å². The molecule has 1 aliphatic carbocycles. The number of nitrogens with zero attached hydrogens (tertiary/aromatic N) is 1. The van der Waals surface area contributed by atoms with Crippen molar-refractivity contribution < 1.29 is 0 Å². The quantitative estimate of drug-likeness (QED) is 0.642. The monoisotopic (exact) mass is 241 g/mol. The van der Waals surface area contributed by atoms with E-state index in [1.807, 2.05) is 18.2 Å². The molecule has 1 aliphatic heterocycles. The second-order valence-corrected chi connectivity index (χ2v) is 4.53. The second-order valence-electron chi connectivity index (χ2n) is 4.17. The van der Waals surface area contributed by atoms with Crippen LogP contribution in [-0.2, 0) is 0 Å². The lowest BCUT2D eigenvalue weighted by atomic mass is 9.98. The van der Waals surface area contributed by atoms with Crippen molar-refractivity contribution in [3.63, 3.8) is 0 Å². The zero-order valence-corrected chi connectivity index (χ0v) is 10.1. The lowest BCUT2D eigenvalue weighted by Crippen LogP contribution is -2.00. The molecule has 0 radical (unpaired) electrons. The summed E-state index contributed by atoms with van der Waals surface area (Å²) in [6, 6.07) is 8.07. The Morgan fingerprint density at radius 2 is 1.94 bits per heavy atom. The summed E-state index contributed by atoms with van der Waals surface area (Å²) in [6.07, 6.45) is 10.6. The maximum atomic E-state index is 6.29. The van der Waals surface area contributed by atoms with Gasteiger partial charge in [-0.15, -0.1) is 0 Å². The normalized spacial score (nSPS) is 23.0. The summed E-state index contributed by atoms with van der Waals surface area (Å²) in [4.78, 5) is 4.52. The highest BCUT2D eigenvalue weighted by Gasteiger charge is 2.11. The largest absolute Gasteiger partial charge is 0.236 e. The second kappa shape index (κ2) is 4.34. The van der Waals surface area contributed by atoms with Gasteiger partial charge in [-0.1, -0.05) is 54.1 Å². The van der Waals surface area contributed by atoms with Gasteiger partial charge in [0.25, 0.3) is 0 Å². The molecule has 0 atom stereocenters. The molecule has 2 heteroatoms. The summed E-state index contributed by atoms with van der Waals surface area (Å²) in [5, 5.41) is 0.573. The summed E-state index contributed by atoms with van der Waals surface area (Å²) in [5.74, 6) is 0. The van der Waals surface area contributed by atoms with Crippen molar-refractivity contribution in [3.8, 4) is 0 Å². The number of aliphatic imine (C=N–C) groups is 1. The van der Waals surface area contributed by atoms with Crippen LogP contribution in [0.1, 0.15) is 24.0 Å². The van der Waals surface area contributed by atoms with Gasteiger partial charge in [0.15, 0.2) is 0 Å². The first-order chi connectivity index (χ1) is 8.34. The molecule has 1 aromatic carbocycles. The molecule has 0 N–H and O–H groups in total. The maximum absolute atomic E-state index is 6.29. The van der Waals surface area contributed by atoms with Crippen molar-refractivity contribution in [2.75, 3.05) is 0 Å². The topological polar surface area (TPSA) is 12.4 Å². The van der Waals surface area contributed by atoms with E-state index in [2.05, 4.69) is 35.4 Å². The Hall–Kier alpha value is -1.60. The SMILES string of the molecule is Cl/C1=N/C2=C(/C=C\c3ccccc31)CCC=C2. The highest BCUT2D eigenvalue weighted by Crippen LogP contribution is 2.26. The Kier molecular flexibility index (Phi) is 2.69. The van der Waals surface area contributed by atoms with Gasteiger partial charge in [-0.25, -0.2) is 4.99 Å². The van der Waals surface area contributed by atoms with E-state index >= 15 is 0 Å². The highest BCUT2D eigenvalue weighted by molar-refractivity contribution is 6.70. The molecule has 0 fully saturated rings. The average Bonchev–Trinajstić information content (AvgIpc) is 2.36. The van der Waals surface area contributed by atoms with E-state index in [-0.39, 0.29) is 0 Å². The number of fused-ring (bicyclic) bond motifs is 1. The Morgan fingerprint density at radius 3 is 2.88 bits per heavy atom. The molecule has 0 saturated carbocycles. The van der Waals surface area contributed by atoms with Crippen molar-refractivity contribution in [2.24, 2.45) is 4.99 Å². The molecule has 0 aromatic heterocycles. The predicted octanol–water partition coefficient (Wildman–Crippen LogP) is 4.30. The van der Waals surface area contributed by atoms with Gasteiger partial charge in [-0.05, 0) is 30.1 Å². The molecular formula is C15H12ClN. The van der Waals surface area contributed by atoms with Crippen molar-refractivity contribution >= 4 is 22.8 Å². The Balaban J connectivity index is 2.18. The summed E-state index contributed by atoms with van der Waals surface area (Å²) in [5.41, 5.74) is 4.38. The van der Waals surface area contributed by atoms with Crippen LogP contribution in [0.5, 0.6) is 0 Å². The van der Waals surface area contributed by atoms with Crippen molar-refractivity contribution in [1.29, 1.82) is 0 Å². The molecule has 2 aliphatic rings. The lowest BCUT2D eigenvalue weighted by molar-refractivity contribution is 0.964. The van der Waals surface area contributed by atoms with Crippen molar-refractivity contribution in [1.82, 2.24) is 0 Å². The van der Waals surface area contributed by atoms with Gasteiger partial charge in [0, 0.05) is 5.56 Å². The molecule has 0 spiro atoms. The Bertz CT molecular complexity index is 576. The minimum atomic E-state index is 0.573. The molecule has 0 saturated heterocycles. The van der Waals surface area contributed by atoms with Gasteiger partial charge in [-0.3, -0.25) is 0 Å². The molecular weight excluding hydrogens is 230 g/mol. The van der Waals surface area contributed by atoms with Gasteiger partial charge in [-0.2, -0.15) is 0 Å². The molecule has 84 valence electrons. The van der Waals surface area contributed by atoms with Crippen LogP contribution in [0.4, 0.5) is 0 Å². The van der Waals surface area contributed by atoms with Gasteiger partial charge < -0.3 is 0 Å². The fourth-order valence-corrected chi connectivity index (χ4v) is 2.40. The predicted molar refractivity (Wildman–Crippen MR) is 73.3 cm³/mol. The third-order valence-corrected chi connectivity index (χ3v) is 3.34. The van der Waals surface area contributed by atoms with E-state index in [1.54, 1.807) is 0 Å². The Morgan fingerprint density at radius 1 is 1.06 bits per heavy atom. The molecule has 1 heterocycles. The number of benzene rings is 1. The summed E-state index contributed by atoms with van der Waals surface area (Å²) < 4.78 is 0. The van der Waals surface area contributed by atoms with E-state index in [4.69, 9.17) is 11.6 Å². The van der Waals surface area contributed by atoms with Gasteiger partial charge in [0.1, 0.15) is 5.17 Å². The van der Waals surface area contributed by atoms with E-state index in [9.17, 15) is 0 Å². The smallest absolute Gasteiger partial charge is 0.137 e. The third kappa shape index (κ3) is 1.98. The number of allylic oxidation sites excluding steroid dienone is 4. The molecule has 1 aromatic rings. The van der Waals surface area contributed by atoms with E-state index in [1.165, 1.54) is 5.57 Å². The molecule has 1 nitrogen and oxygen atoms in total. The number of hydrogen-bond donors (Lipinski definition) is 0. The van der Waals surface area contributed by atoms with Crippen LogP contribution in [0.2, 0.25) is 0 Å². The van der Waals surface area contributed by atoms with E-state index < -0.39 is 0 Å². The highest BCUT2D eigenvalue weighted by atomic mass is 35.5. The fraction of sp³-hybridized carbons (Fsp3) is 0.133. The molecule has 3 rings (SSSR count). The van der Waals surface area contributed by atoms with Crippen LogP contribution in [0.15, 0.2) is 58.8 Å². The minimum Gasteiger partial charge on any atom is -0.236 e. The average molecular weight is 242 g/mol. The van der Waals surface area contributed by atoms with Crippen LogP contribution >= 0.6 is 11.6 Å². The zero-order chi connectivity index (χ0) is 11.7. The molecule has 0 amide bonds. The summed E-state index contributed by atoms with van der Waals surface area (Å²) in [7, 11) is 0.